The van der Waals surface area contributed by atoms with Gasteiger partial charge in [0.1, 0.15) is 0 Å². The van der Waals surface area contributed by atoms with Gasteiger partial charge in [-0.05, 0) is 18.2 Å². The minimum atomic E-state index is -0.238. The molecule has 0 heterocycles. The van der Waals surface area contributed by atoms with Crippen LogP contribution in [0.15, 0.2) is 18.2 Å². The largest absolute Gasteiger partial charge is 0.469 e. The van der Waals surface area contributed by atoms with Crippen LogP contribution in [0, 0.1) is 5.92 Å². The van der Waals surface area contributed by atoms with Crippen molar-refractivity contribution in [2.24, 2.45) is 5.92 Å². The van der Waals surface area contributed by atoms with Gasteiger partial charge in [0.05, 0.1) is 23.7 Å². The van der Waals surface area contributed by atoms with E-state index >= 15 is 0 Å². The average molecular weight is 350 g/mol. The molecular formula is C14H17Cl2NO3S. The molecule has 0 bridgehead atoms. The van der Waals surface area contributed by atoms with Gasteiger partial charge in [-0.2, -0.15) is 11.8 Å². The lowest BCUT2D eigenvalue weighted by Crippen LogP contribution is -2.16. The molecule has 0 aromatic heterocycles. The lowest BCUT2D eigenvalue weighted by Gasteiger charge is -2.09. The molecule has 4 nitrogen and oxygen atoms in total. The van der Waals surface area contributed by atoms with Crippen LogP contribution >= 0.6 is 35.0 Å². The number of hydrogen-bond donors (Lipinski definition) is 1. The fourth-order valence-corrected chi connectivity index (χ4v) is 2.82. The van der Waals surface area contributed by atoms with Crippen LogP contribution in [0.2, 0.25) is 10.0 Å². The first kappa shape index (κ1) is 18.1. The molecule has 7 heteroatoms. The molecule has 0 aliphatic rings. The van der Waals surface area contributed by atoms with Crippen LogP contribution in [0.3, 0.4) is 0 Å². The maximum atomic E-state index is 11.8. The van der Waals surface area contributed by atoms with Crippen molar-refractivity contribution in [3.05, 3.63) is 28.2 Å². The summed E-state index contributed by atoms with van der Waals surface area (Å²) in [7, 11) is 1.37. The normalized spacial score (nSPS) is 11.8. The number of thioether (sulfide) groups is 1. The number of hydrogen-bond acceptors (Lipinski definition) is 4. The van der Waals surface area contributed by atoms with Crippen LogP contribution in [0.1, 0.15) is 13.3 Å². The third-order valence-electron chi connectivity index (χ3n) is 2.65. The zero-order valence-electron chi connectivity index (χ0n) is 11.8. The molecule has 21 heavy (non-hydrogen) atoms. The molecule has 1 N–H and O–H groups in total. The number of anilines is 1. The summed E-state index contributed by atoms with van der Waals surface area (Å²) in [4.78, 5) is 23.0. The molecule has 1 atom stereocenters. The molecule has 0 aliphatic heterocycles. The summed E-state index contributed by atoms with van der Waals surface area (Å²) in [6.45, 7) is 1.80. The second-order valence-electron chi connectivity index (χ2n) is 4.42. The number of nitrogens with one attached hydrogen (secondary N) is 1. The molecule has 1 amide bonds. The van der Waals surface area contributed by atoms with Crippen molar-refractivity contribution >= 4 is 52.5 Å². The van der Waals surface area contributed by atoms with Gasteiger partial charge in [-0.1, -0.05) is 30.1 Å². The molecule has 1 unspecified atom stereocenters. The number of esters is 1. The molecule has 0 fully saturated rings. The second kappa shape index (κ2) is 9.18. The van der Waals surface area contributed by atoms with E-state index in [1.165, 1.54) is 18.9 Å². The number of methoxy groups -OCH3 is 1. The van der Waals surface area contributed by atoms with Crippen LogP contribution in [0.25, 0.3) is 0 Å². The molecule has 1 aromatic rings. The van der Waals surface area contributed by atoms with Crippen molar-refractivity contribution in [3.63, 3.8) is 0 Å². The van der Waals surface area contributed by atoms with Crippen LogP contribution in [-0.2, 0) is 14.3 Å². The van der Waals surface area contributed by atoms with Crippen LogP contribution < -0.4 is 5.32 Å². The predicted octanol–water partition coefficient (Wildman–Crippen LogP) is 3.86. The Kier molecular flexibility index (Phi) is 7.93. The van der Waals surface area contributed by atoms with E-state index in [4.69, 9.17) is 23.2 Å². The van der Waals surface area contributed by atoms with E-state index in [2.05, 4.69) is 10.1 Å². The first-order valence-corrected chi connectivity index (χ1v) is 8.25. The van der Waals surface area contributed by atoms with Crippen molar-refractivity contribution in [1.29, 1.82) is 0 Å². The summed E-state index contributed by atoms with van der Waals surface area (Å²) in [6.07, 6.45) is 0.335. The average Bonchev–Trinajstić information content (AvgIpc) is 2.46. The third kappa shape index (κ3) is 6.59. The summed E-state index contributed by atoms with van der Waals surface area (Å²) in [5, 5.41) is 3.67. The molecule has 1 rings (SSSR count). The quantitative estimate of drug-likeness (QED) is 0.599. The summed E-state index contributed by atoms with van der Waals surface area (Å²) >= 11 is 13.3. The smallest absolute Gasteiger partial charge is 0.309 e. The maximum absolute atomic E-state index is 11.8. The van der Waals surface area contributed by atoms with Crippen LogP contribution in [0.4, 0.5) is 5.69 Å². The van der Waals surface area contributed by atoms with Gasteiger partial charge >= 0.3 is 5.97 Å². The zero-order chi connectivity index (χ0) is 15.8. The summed E-state index contributed by atoms with van der Waals surface area (Å²) in [5.41, 5.74) is 0.502. The number of benzene rings is 1. The highest BCUT2D eigenvalue weighted by Gasteiger charge is 2.13. The molecular weight excluding hydrogens is 333 g/mol. The molecule has 0 saturated carbocycles. The highest BCUT2D eigenvalue weighted by Crippen LogP contribution is 2.25. The minimum absolute atomic E-state index is 0.141. The van der Waals surface area contributed by atoms with Gasteiger partial charge in [0.2, 0.25) is 5.91 Å². The van der Waals surface area contributed by atoms with E-state index in [0.29, 0.717) is 33.7 Å². The Hall–Kier alpha value is -0.910. The van der Waals surface area contributed by atoms with Crippen LogP contribution in [0.5, 0.6) is 0 Å². The van der Waals surface area contributed by atoms with Gasteiger partial charge in [0, 0.05) is 22.9 Å². The monoisotopic (exact) mass is 349 g/mol. The Bertz CT molecular complexity index is 511. The molecule has 0 saturated heterocycles. The minimum Gasteiger partial charge on any atom is -0.469 e. The highest BCUT2D eigenvalue weighted by molar-refractivity contribution is 7.99. The van der Waals surface area contributed by atoms with E-state index in [0.717, 1.165) is 0 Å². The Morgan fingerprint density at radius 1 is 1.38 bits per heavy atom. The van der Waals surface area contributed by atoms with Crippen molar-refractivity contribution in [2.75, 3.05) is 23.9 Å². The van der Waals surface area contributed by atoms with E-state index in [-0.39, 0.29) is 17.8 Å². The van der Waals surface area contributed by atoms with Crippen LogP contribution in [-0.4, -0.2) is 30.5 Å². The fraction of sp³-hybridized carbons (Fsp3) is 0.429. The summed E-state index contributed by atoms with van der Waals surface area (Å²) in [6, 6.07) is 4.89. The number of carbonyl (C=O) groups excluding carboxylic acids is 2. The van der Waals surface area contributed by atoms with E-state index in [9.17, 15) is 9.59 Å². The van der Waals surface area contributed by atoms with Gasteiger partial charge in [-0.3, -0.25) is 9.59 Å². The number of ether oxygens (including phenoxy) is 1. The lowest BCUT2D eigenvalue weighted by molar-refractivity contribution is -0.144. The van der Waals surface area contributed by atoms with E-state index in [1.54, 1.807) is 25.1 Å². The SMILES string of the molecule is COC(=O)C(C)CSCCC(=O)Nc1cc(Cl)ccc1Cl. The first-order valence-electron chi connectivity index (χ1n) is 6.34. The predicted molar refractivity (Wildman–Crippen MR) is 88.2 cm³/mol. The first-order chi connectivity index (χ1) is 9.93. The number of amides is 1. The summed E-state index contributed by atoms with van der Waals surface area (Å²) < 4.78 is 4.63. The van der Waals surface area contributed by atoms with Gasteiger partial charge < -0.3 is 10.1 Å². The Balaban J connectivity index is 2.32. The molecule has 0 radical (unpaired) electrons. The van der Waals surface area contributed by atoms with E-state index in [1.807, 2.05) is 0 Å². The maximum Gasteiger partial charge on any atom is 0.309 e. The highest BCUT2D eigenvalue weighted by atomic mass is 35.5. The molecule has 0 aliphatic carbocycles. The zero-order valence-corrected chi connectivity index (χ0v) is 14.1. The van der Waals surface area contributed by atoms with Crippen molar-refractivity contribution in [2.45, 2.75) is 13.3 Å². The van der Waals surface area contributed by atoms with Gasteiger partial charge in [-0.15, -0.1) is 0 Å². The molecule has 0 spiro atoms. The number of carbonyl (C=O) groups is 2. The van der Waals surface area contributed by atoms with Gasteiger partial charge in [0.25, 0.3) is 0 Å². The van der Waals surface area contributed by atoms with Gasteiger partial charge in [-0.25, -0.2) is 0 Å². The van der Waals surface area contributed by atoms with Crippen molar-refractivity contribution in [3.8, 4) is 0 Å². The summed E-state index contributed by atoms with van der Waals surface area (Å²) in [5.74, 6) is 0.684. The third-order valence-corrected chi connectivity index (χ3v) is 4.44. The topological polar surface area (TPSA) is 55.4 Å². The molecule has 1 aromatic carbocycles. The standard InChI is InChI=1S/C14H17Cl2NO3S/c1-9(14(19)20-2)8-21-6-5-13(18)17-12-7-10(15)3-4-11(12)16/h3-4,7,9H,5-6,8H2,1-2H3,(H,17,18). The molecule has 116 valence electrons. The van der Waals surface area contributed by atoms with Crippen molar-refractivity contribution in [1.82, 2.24) is 0 Å². The Morgan fingerprint density at radius 2 is 2.10 bits per heavy atom. The lowest BCUT2D eigenvalue weighted by atomic mass is 10.2. The number of rotatable bonds is 7. The Labute approximate surface area is 138 Å². The number of halogens is 2. The van der Waals surface area contributed by atoms with E-state index < -0.39 is 0 Å². The fourth-order valence-electron chi connectivity index (χ4n) is 1.50. The van der Waals surface area contributed by atoms with Gasteiger partial charge in [0.15, 0.2) is 0 Å². The second-order valence-corrected chi connectivity index (χ2v) is 6.41. The Morgan fingerprint density at radius 3 is 2.76 bits per heavy atom. The van der Waals surface area contributed by atoms with Crippen molar-refractivity contribution < 1.29 is 14.3 Å².